The van der Waals surface area contributed by atoms with Crippen LogP contribution in [0.15, 0.2) is 0 Å². The quantitative estimate of drug-likeness (QED) is 0.161. The van der Waals surface area contributed by atoms with Gasteiger partial charge < -0.3 is 37.0 Å². The van der Waals surface area contributed by atoms with Crippen molar-refractivity contribution in [3.05, 3.63) is 0 Å². The molecule has 0 aromatic rings. The third kappa shape index (κ3) is 10.1. The van der Waals surface area contributed by atoms with Crippen molar-refractivity contribution in [2.75, 3.05) is 12.0 Å². The Morgan fingerprint density at radius 3 is 1.90 bits per heavy atom. The number of aliphatic carboxylic acids is 2. The number of aliphatic hydroxyl groups is 1. The molecule has 0 fully saturated rings. The average molecular weight is 436 g/mol. The van der Waals surface area contributed by atoms with Gasteiger partial charge in [-0.1, -0.05) is 0 Å². The van der Waals surface area contributed by atoms with Gasteiger partial charge in [-0.2, -0.15) is 11.8 Å². The lowest BCUT2D eigenvalue weighted by molar-refractivity contribution is -0.148. The van der Waals surface area contributed by atoms with Crippen molar-refractivity contribution in [2.24, 2.45) is 5.73 Å². The van der Waals surface area contributed by atoms with E-state index in [0.29, 0.717) is 5.75 Å². The number of carboxylic acids is 2. The summed E-state index contributed by atoms with van der Waals surface area (Å²) in [4.78, 5) is 58.5. The van der Waals surface area contributed by atoms with Gasteiger partial charge in [0.05, 0.1) is 18.6 Å². The number of carbonyl (C=O) groups excluding carboxylic acids is 3. The van der Waals surface area contributed by atoms with Crippen molar-refractivity contribution >= 4 is 41.4 Å². The molecule has 166 valence electrons. The first-order valence-electron chi connectivity index (χ1n) is 8.69. The Hall–Kier alpha value is -2.38. The summed E-state index contributed by atoms with van der Waals surface area (Å²) >= 11 is 1.42. The van der Waals surface area contributed by atoms with Crippen LogP contribution in [0.3, 0.4) is 0 Å². The molecule has 3 amide bonds. The van der Waals surface area contributed by atoms with Crippen LogP contribution in [0.1, 0.15) is 26.7 Å². The first-order chi connectivity index (χ1) is 13.4. The van der Waals surface area contributed by atoms with Crippen molar-refractivity contribution in [3.63, 3.8) is 0 Å². The summed E-state index contributed by atoms with van der Waals surface area (Å²) in [6.45, 7) is 2.62. The summed E-state index contributed by atoms with van der Waals surface area (Å²) in [6, 6.07) is -5.22. The molecule has 5 unspecified atom stereocenters. The first-order valence-corrected chi connectivity index (χ1v) is 10.1. The van der Waals surface area contributed by atoms with Crippen molar-refractivity contribution in [3.8, 4) is 0 Å². The molecule has 29 heavy (non-hydrogen) atoms. The van der Waals surface area contributed by atoms with E-state index in [1.54, 1.807) is 6.26 Å². The summed E-state index contributed by atoms with van der Waals surface area (Å²) in [5.74, 6) is -4.98. The number of rotatable bonds is 13. The molecule has 0 saturated heterocycles. The Kier molecular flexibility index (Phi) is 11.9. The van der Waals surface area contributed by atoms with E-state index in [-0.39, 0.29) is 6.42 Å². The zero-order valence-corrected chi connectivity index (χ0v) is 17.2. The normalized spacial score (nSPS) is 15.9. The number of aliphatic hydroxyl groups excluding tert-OH is 1. The number of carbonyl (C=O) groups is 5. The number of carboxylic acid groups (broad SMARTS) is 2. The predicted octanol–water partition coefficient (Wildman–Crippen LogP) is -2.52. The Balaban J connectivity index is 5.31. The molecule has 12 nitrogen and oxygen atoms in total. The van der Waals surface area contributed by atoms with Gasteiger partial charge in [0.15, 0.2) is 0 Å². The molecule has 0 aliphatic heterocycles. The van der Waals surface area contributed by atoms with Gasteiger partial charge in [0.2, 0.25) is 17.7 Å². The molecule has 5 atom stereocenters. The summed E-state index contributed by atoms with van der Waals surface area (Å²) in [5.41, 5.74) is 5.48. The van der Waals surface area contributed by atoms with E-state index in [1.807, 2.05) is 5.32 Å². The van der Waals surface area contributed by atoms with E-state index in [4.69, 9.17) is 15.9 Å². The van der Waals surface area contributed by atoms with E-state index in [0.717, 1.165) is 0 Å². The summed E-state index contributed by atoms with van der Waals surface area (Å²) in [5, 5.41) is 34.3. The Bertz CT molecular complexity index is 614. The highest BCUT2D eigenvalue weighted by Crippen LogP contribution is 2.04. The lowest BCUT2D eigenvalue weighted by Crippen LogP contribution is -2.59. The number of thioether (sulfide) groups is 1. The largest absolute Gasteiger partial charge is 0.481 e. The van der Waals surface area contributed by atoms with Crippen LogP contribution >= 0.6 is 11.8 Å². The molecule has 0 heterocycles. The molecule has 0 aromatic carbocycles. The van der Waals surface area contributed by atoms with Gasteiger partial charge in [-0.15, -0.1) is 0 Å². The van der Waals surface area contributed by atoms with Gasteiger partial charge in [0.25, 0.3) is 0 Å². The number of hydrogen-bond donors (Lipinski definition) is 7. The molecule has 0 aromatic heterocycles. The van der Waals surface area contributed by atoms with Crippen molar-refractivity contribution in [1.29, 1.82) is 0 Å². The van der Waals surface area contributed by atoms with Crippen LogP contribution in [0.5, 0.6) is 0 Å². The van der Waals surface area contributed by atoms with Crippen LogP contribution in [-0.2, 0) is 24.0 Å². The van der Waals surface area contributed by atoms with E-state index in [9.17, 15) is 29.1 Å². The van der Waals surface area contributed by atoms with Gasteiger partial charge in [0, 0.05) is 0 Å². The van der Waals surface area contributed by atoms with Crippen LogP contribution in [0.2, 0.25) is 0 Å². The number of nitrogens with one attached hydrogen (secondary N) is 3. The third-order valence-corrected chi connectivity index (χ3v) is 4.36. The van der Waals surface area contributed by atoms with Crippen molar-refractivity contribution in [1.82, 2.24) is 16.0 Å². The molecule has 8 N–H and O–H groups in total. The second kappa shape index (κ2) is 13.0. The van der Waals surface area contributed by atoms with Gasteiger partial charge >= 0.3 is 11.9 Å². The summed E-state index contributed by atoms with van der Waals surface area (Å²) in [7, 11) is 0. The molecule has 0 saturated carbocycles. The van der Waals surface area contributed by atoms with Gasteiger partial charge in [-0.05, 0) is 32.3 Å². The minimum Gasteiger partial charge on any atom is -0.481 e. The topological polar surface area (TPSA) is 208 Å². The zero-order chi connectivity index (χ0) is 22.7. The van der Waals surface area contributed by atoms with E-state index in [1.165, 1.54) is 25.6 Å². The fourth-order valence-electron chi connectivity index (χ4n) is 2.10. The average Bonchev–Trinajstić information content (AvgIpc) is 2.60. The summed E-state index contributed by atoms with van der Waals surface area (Å²) in [6.07, 6.45) is -0.301. The minimum absolute atomic E-state index is 0.219. The standard InChI is InChI=1S/C16H28N4O8S/c1-7(17)13(24)18-9(4-5-29-3)14(25)20-12(8(2)21)15(26)19-10(16(27)28)6-11(22)23/h7-10,12,21H,4-6,17H2,1-3H3,(H,18,24)(H,19,26)(H,20,25)(H,22,23)(H,27,28). The number of hydrogen-bond acceptors (Lipinski definition) is 8. The molecule has 0 aliphatic carbocycles. The lowest BCUT2D eigenvalue weighted by Gasteiger charge is -2.26. The van der Waals surface area contributed by atoms with E-state index in [2.05, 4.69) is 10.6 Å². The fraction of sp³-hybridized carbons (Fsp3) is 0.688. The van der Waals surface area contributed by atoms with Crippen molar-refractivity contribution in [2.45, 2.75) is 57.0 Å². The Labute approximate surface area is 172 Å². The van der Waals surface area contributed by atoms with Crippen LogP contribution in [0.4, 0.5) is 0 Å². The molecule has 0 aliphatic rings. The predicted molar refractivity (Wildman–Crippen MR) is 104 cm³/mol. The highest BCUT2D eigenvalue weighted by Gasteiger charge is 2.33. The molecular weight excluding hydrogens is 408 g/mol. The Morgan fingerprint density at radius 2 is 1.48 bits per heavy atom. The maximum absolute atomic E-state index is 12.5. The maximum atomic E-state index is 12.5. The second-order valence-electron chi connectivity index (χ2n) is 6.36. The molecule has 0 rings (SSSR count). The van der Waals surface area contributed by atoms with E-state index >= 15 is 0 Å². The third-order valence-electron chi connectivity index (χ3n) is 3.71. The summed E-state index contributed by atoms with van der Waals surface area (Å²) < 4.78 is 0. The fourth-order valence-corrected chi connectivity index (χ4v) is 2.57. The Morgan fingerprint density at radius 1 is 0.931 bits per heavy atom. The van der Waals surface area contributed by atoms with Crippen LogP contribution in [0.25, 0.3) is 0 Å². The maximum Gasteiger partial charge on any atom is 0.326 e. The molecule has 0 radical (unpaired) electrons. The van der Waals surface area contributed by atoms with Crippen LogP contribution in [0, 0.1) is 0 Å². The van der Waals surface area contributed by atoms with Gasteiger partial charge in [-0.25, -0.2) is 4.79 Å². The SMILES string of the molecule is CSCCC(NC(=O)C(C)N)C(=O)NC(C(=O)NC(CC(=O)O)C(=O)O)C(C)O. The highest BCUT2D eigenvalue weighted by atomic mass is 32.2. The lowest BCUT2D eigenvalue weighted by atomic mass is 10.1. The van der Waals surface area contributed by atoms with Crippen LogP contribution < -0.4 is 21.7 Å². The second-order valence-corrected chi connectivity index (χ2v) is 7.34. The zero-order valence-electron chi connectivity index (χ0n) is 16.4. The molecule has 0 spiro atoms. The molecule has 0 bridgehead atoms. The first kappa shape index (κ1) is 26.6. The van der Waals surface area contributed by atoms with Gasteiger partial charge in [-0.3, -0.25) is 19.2 Å². The monoisotopic (exact) mass is 436 g/mol. The number of nitrogens with two attached hydrogens (primary N) is 1. The smallest absolute Gasteiger partial charge is 0.326 e. The number of amides is 3. The highest BCUT2D eigenvalue weighted by molar-refractivity contribution is 7.98. The van der Waals surface area contributed by atoms with E-state index < -0.39 is 66.4 Å². The van der Waals surface area contributed by atoms with Crippen LogP contribution in [-0.4, -0.2) is 87.3 Å². The van der Waals surface area contributed by atoms with Crippen molar-refractivity contribution < 1.29 is 39.3 Å². The minimum atomic E-state index is -1.75. The van der Waals surface area contributed by atoms with Gasteiger partial charge in [0.1, 0.15) is 18.1 Å². The molecular formula is C16H28N4O8S. The molecule has 13 heteroatoms.